The van der Waals surface area contributed by atoms with E-state index in [2.05, 4.69) is 50.1 Å². The monoisotopic (exact) mass is 400 g/mol. The Morgan fingerprint density at radius 3 is 2.63 bits per heavy atom. The first-order chi connectivity index (χ1) is 9.15. The molecule has 3 rings (SSSR count). The lowest BCUT2D eigenvalue weighted by atomic mass is 10.00. The summed E-state index contributed by atoms with van der Waals surface area (Å²) < 4.78 is 7.49. The van der Waals surface area contributed by atoms with Gasteiger partial charge in [-0.15, -0.1) is 11.6 Å². The fraction of sp³-hybridized carbons (Fsp3) is 0.200. The first-order valence-electron chi connectivity index (χ1n) is 5.93. The molecule has 0 radical (unpaired) electrons. The quantitative estimate of drug-likeness (QED) is 0.597. The van der Waals surface area contributed by atoms with Crippen LogP contribution in [0.15, 0.2) is 45.3 Å². The van der Waals surface area contributed by atoms with Gasteiger partial charge in [0.15, 0.2) is 0 Å². The minimum atomic E-state index is -0.169. The molecule has 98 valence electrons. The van der Waals surface area contributed by atoms with Gasteiger partial charge in [0.2, 0.25) is 0 Å². The topological polar surface area (TPSA) is 9.23 Å². The first-order valence-corrected chi connectivity index (χ1v) is 7.96. The molecule has 4 heteroatoms. The summed E-state index contributed by atoms with van der Waals surface area (Å²) in [6.07, 6.45) is 0. The van der Waals surface area contributed by atoms with Crippen molar-refractivity contribution in [3.8, 4) is 0 Å². The maximum atomic E-state index is 6.62. The van der Waals surface area contributed by atoms with E-state index in [-0.39, 0.29) is 5.38 Å². The lowest BCUT2D eigenvalue weighted by Gasteiger charge is -2.14. The number of ether oxygens (including phenoxy) is 1. The van der Waals surface area contributed by atoms with Gasteiger partial charge in [0.25, 0.3) is 0 Å². The van der Waals surface area contributed by atoms with Crippen molar-refractivity contribution in [1.29, 1.82) is 0 Å². The molecule has 2 aromatic carbocycles. The molecule has 0 N–H and O–H groups in total. The van der Waals surface area contributed by atoms with E-state index in [1.54, 1.807) is 0 Å². The minimum absolute atomic E-state index is 0.169. The fourth-order valence-electron chi connectivity index (χ4n) is 2.24. The third-order valence-corrected chi connectivity index (χ3v) is 4.97. The highest BCUT2D eigenvalue weighted by Gasteiger charge is 2.18. The Morgan fingerprint density at radius 2 is 1.79 bits per heavy atom. The molecule has 0 aromatic heterocycles. The van der Waals surface area contributed by atoms with Crippen LogP contribution in [-0.2, 0) is 18.0 Å². The summed E-state index contributed by atoms with van der Waals surface area (Å²) >= 11 is 13.7. The van der Waals surface area contributed by atoms with E-state index in [1.165, 1.54) is 11.1 Å². The van der Waals surface area contributed by atoms with Crippen molar-refractivity contribution >= 4 is 43.5 Å². The molecular weight excluding hydrogens is 391 g/mol. The zero-order chi connectivity index (χ0) is 13.4. The predicted molar refractivity (Wildman–Crippen MR) is 84.5 cm³/mol. The van der Waals surface area contributed by atoms with Crippen molar-refractivity contribution < 1.29 is 4.74 Å². The molecule has 0 bridgehead atoms. The SMILES string of the molecule is ClC(c1ccc2c(c1)COC2)c1cc(Br)ccc1Br. The second-order valence-corrected chi connectivity index (χ2v) is 6.76. The Balaban J connectivity index is 1.99. The average Bonchev–Trinajstić information content (AvgIpc) is 2.88. The predicted octanol–water partition coefficient (Wildman–Crippen LogP) is 5.57. The van der Waals surface area contributed by atoms with Gasteiger partial charge in [0.05, 0.1) is 18.6 Å². The van der Waals surface area contributed by atoms with Crippen LogP contribution in [-0.4, -0.2) is 0 Å². The van der Waals surface area contributed by atoms with Gasteiger partial charge in [-0.05, 0) is 40.5 Å². The third kappa shape index (κ3) is 2.75. The summed E-state index contributed by atoms with van der Waals surface area (Å²) in [6.45, 7) is 1.40. The van der Waals surface area contributed by atoms with Crippen molar-refractivity contribution in [2.75, 3.05) is 0 Å². The van der Waals surface area contributed by atoms with Gasteiger partial charge < -0.3 is 4.74 Å². The van der Waals surface area contributed by atoms with Gasteiger partial charge in [-0.1, -0.05) is 50.1 Å². The number of hydrogen-bond acceptors (Lipinski definition) is 1. The second kappa shape index (κ2) is 5.57. The van der Waals surface area contributed by atoms with Crippen LogP contribution in [0.25, 0.3) is 0 Å². The van der Waals surface area contributed by atoms with Crippen LogP contribution in [0.3, 0.4) is 0 Å². The minimum Gasteiger partial charge on any atom is -0.372 e. The number of benzene rings is 2. The smallest absolute Gasteiger partial charge is 0.0846 e. The van der Waals surface area contributed by atoms with E-state index < -0.39 is 0 Å². The lowest BCUT2D eigenvalue weighted by molar-refractivity contribution is 0.134. The number of hydrogen-bond donors (Lipinski definition) is 0. The van der Waals surface area contributed by atoms with Crippen LogP contribution in [0, 0.1) is 0 Å². The van der Waals surface area contributed by atoms with Crippen molar-refractivity contribution in [3.05, 3.63) is 67.6 Å². The standard InChI is InChI=1S/C15H11Br2ClO/c16-12-3-4-14(17)13(6-12)15(18)9-1-2-10-7-19-8-11(10)5-9/h1-6,15H,7-8H2. The van der Waals surface area contributed by atoms with Crippen molar-refractivity contribution in [3.63, 3.8) is 0 Å². The van der Waals surface area contributed by atoms with E-state index in [0.717, 1.165) is 20.1 Å². The zero-order valence-electron chi connectivity index (χ0n) is 10.00. The summed E-state index contributed by atoms with van der Waals surface area (Å²) in [6, 6.07) is 12.4. The highest BCUT2D eigenvalue weighted by atomic mass is 79.9. The van der Waals surface area contributed by atoms with Crippen LogP contribution in [0.4, 0.5) is 0 Å². The Morgan fingerprint density at radius 1 is 1.00 bits per heavy atom. The molecule has 0 saturated carbocycles. The highest BCUT2D eigenvalue weighted by molar-refractivity contribution is 9.11. The van der Waals surface area contributed by atoms with E-state index in [9.17, 15) is 0 Å². The Labute approximate surface area is 134 Å². The van der Waals surface area contributed by atoms with Crippen LogP contribution < -0.4 is 0 Å². The van der Waals surface area contributed by atoms with E-state index in [1.807, 2.05) is 18.2 Å². The second-order valence-electron chi connectivity index (χ2n) is 4.55. The maximum absolute atomic E-state index is 6.62. The lowest BCUT2D eigenvalue weighted by Crippen LogP contribution is -1.96. The van der Waals surface area contributed by atoms with Crippen LogP contribution in [0.5, 0.6) is 0 Å². The molecule has 1 atom stereocenters. The normalized spacial score (nSPS) is 15.3. The zero-order valence-corrected chi connectivity index (χ0v) is 13.9. The van der Waals surface area contributed by atoms with Gasteiger partial charge in [-0.2, -0.15) is 0 Å². The molecule has 19 heavy (non-hydrogen) atoms. The Kier molecular flexibility index (Phi) is 3.99. The van der Waals surface area contributed by atoms with Crippen LogP contribution in [0.1, 0.15) is 27.6 Å². The van der Waals surface area contributed by atoms with E-state index in [0.29, 0.717) is 13.2 Å². The van der Waals surface area contributed by atoms with Gasteiger partial charge in [-0.3, -0.25) is 0 Å². The number of fused-ring (bicyclic) bond motifs is 1. The summed E-state index contributed by atoms with van der Waals surface area (Å²) in [5, 5.41) is -0.169. The van der Waals surface area contributed by atoms with Gasteiger partial charge in [-0.25, -0.2) is 0 Å². The Bertz CT molecular complexity index is 628. The van der Waals surface area contributed by atoms with Gasteiger partial charge in [0, 0.05) is 8.95 Å². The molecule has 0 amide bonds. The first kappa shape index (κ1) is 13.6. The molecule has 1 aliphatic rings. The number of rotatable bonds is 2. The summed E-state index contributed by atoms with van der Waals surface area (Å²) in [5.41, 5.74) is 4.68. The summed E-state index contributed by atoms with van der Waals surface area (Å²) in [5.74, 6) is 0. The fourth-order valence-corrected chi connectivity index (χ4v) is 3.54. The molecule has 1 unspecified atom stereocenters. The van der Waals surface area contributed by atoms with E-state index >= 15 is 0 Å². The van der Waals surface area contributed by atoms with Crippen molar-refractivity contribution in [2.24, 2.45) is 0 Å². The van der Waals surface area contributed by atoms with Gasteiger partial charge in [0.1, 0.15) is 0 Å². The molecule has 0 spiro atoms. The van der Waals surface area contributed by atoms with Crippen molar-refractivity contribution in [1.82, 2.24) is 0 Å². The largest absolute Gasteiger partial charge is 0.372 e. The van der Waals surface area contributed by atoms with Crippen LogP contribution in [0.2, 0.25) is 0 Å². The Hall–Kier alpha value is -0.350. The molecular formula is C15H11Br2ClO. The molecule has 0 saturated heterocycles. The molecule has 1 aliphatic heterocycles. The van der Waals surface area contributed by atoms with Gasteiger partial charge >= 0.3 is 0 Å². The summed E-state index contributed by atoms with van der Waals surface area (Å²) in [4.78, 5) is 0. The third-order valence-electron chi connectivity index (χ3n) is 3.27. The van der Waals surface area contributed by atoms with E-state index in [4.69, 9.17) is 16.3 Å². The maximum Gasteiger partial charge on any atom is 0.0846 e. The molecule has 1 nitrogen and oxygen atoms in total. The highest BCUT2D eigenvalue weighted by Crippen LogP contribution is 2.36. The number of halogens is 3. The summed E-state index contributed by atoms with van der Waals surface area (Å²) in [7, 11) is 0. The molecule has 0 aliphatic carbocycles. The number of alkyl halides is 1. The molecule has 0 fully saturated rings. The van der Waals surface area contributed by atoms with Crippen LogP contribution >= 0.6 is 43.5 Å². The molecule has 1 heterocycles. The average molecular weight is 403 g/mol. The molecule has 2 aromatic rings. The van der Waals surface area contributed by atoms with Crippen molar-refractivity contribution in [2.45, 2.75) is 18.6 Å².